The van der Waals surface area contributed by atoms with E-state index in [1.807, 2.05) is 24.3 Å². The molecule has 0 unspecified atom stereocenters. The normalized spacial score (nSPS) is 11.8. The molecule has 0 bridgehead atoms. The molecule has 28 heavy (non-hydrogen) atoms. The summed E-state index contributed by atoms with van der Waals surface area (Å²) in [6.07, 6.45) is 1.04. The molecule has 0 aliphatic rings. The maximum Gasteiger partial charge on any atom is 0.260 e. The zero-order chi connectivity index (χ0) is 20.7. The summed E-state index contributed by atoms with van der Waals surface area (Å²) in [5.74, 6) is -0.164. The molecule has 0 atom stereocenters. The minimum absolute atomic E-state index is 0.306. The molecule has 0 spiro atoms. The van der Waals surface area contributed by atoms with Gasteiger partial charge in [-0.1, -0.05) is 24.3 Å². The predicted octanol–water partition coefficient (Wildman–Crippen LogP) is 3.00. The summed E-state index contributed by atoms with van der Waals surface area (Å²) < 4.78 is 32.1. The van der Waals surface area contributed by atoms with E-state index in [9.17, 15) is 13.2 Å². The number of hydrogen-bond donors (Lipinski definition) is 1. The fourth-order valence-corrected chi connectivity index (χ4v) is 3.61. The van der Waals surface area contributed by atoms with E-state index in [2.05, 4.69) is 33.1 Å². The van der Waals surface area contributed by atoms with Crippen LogP contribution in [0.1, 0.15) is 19.4 Å². The summed E-state index contributed by atoms with van der Waals surface area (Å²) in [5.41, 5.74) is 4.20. The maximum absolute atomic E-state index is 12.4. The summed E-state index contributed by atoms with van der Waals surface area (Å²) in [6, 6.07) is 14.4. The van der Waals surface area contributed by atoms with E-state index in [-0.39, 0.29) is 0 Å². The number of hydrazone groups is 1. The van der Waals surface area contributed by atoms with Gasteiger partial charge < -0.3 is 4.74 Å². The van der Waals surface area contributed by atoms with Crippen molar-refractivity contribution in [1.82, 2.24) is 5.43 Å². The average molecular weight is 515 g/mol. The first-order valence-corrected chi connectivity index (χ1v) is 11.4. The lowest BCUT2D eigenvalue weighted by Crippen LogP contribution is -2.39. The standard InChI is InChI=1S/C19H22IN3O4S/c1-4-27-18-8-6-5-7-17(18)23(28(3,25)26)13-19(24)22-21-14(2)15-9-11-16(20)12-10-15/h5-12H,4,13H2,1-3H3,(H,22,24)/b21-14-. The van der Waals surface area contributed by atoms with Crippen molar-refractivity contribution in [1.29, 1.82) is 0 Å². The lowest BCUT2D eigenvalue weighted by Gasteiger charge is -2.23. The Morgan fingerprint density at radius 2 is 1.82 bits per heavy atom. The molecular formula is C19H22IN3O4S. The van der Waals surface area contributed by atoms with Gasteiger partial charge in [-0.2, -0.15) is 5.10 Å². The van der Waals surface area contributed by atoms with Crippen molar-refractivity contribution in [3.05, 3.63) is 57.7 Å². The SMILES string of the molecule is CCOc1ccccc1N(CC(=O)N/N=C(/C)c1ccc(I)cc1)S(C)(=O)=O. The third kappa shape index (κ3) is 6.20. The summed E-state index contributed by atoms with van der Waals surface area (Å²) in [7, 11) is -3.71. The van der Waals surface area contributed by atoms with E-state index in [4.69, 9.17) is 4.74 Å². The van der Waals surface area contributed by atoms with Gasteiger partial charge in [-0.25, -0.2) is 13.8 Å². The van der Waals surface area contributed by atoms with Crippen LogP contribution in [0.2, 0.25) is 0 Å². The largest absolute Gasteiger partial charge is 0.492 e. The van der Waals surface area contributed by atoms with Crippen LogP contribution >= 0.6 is 22.6 Å². The lowest BCUT2D eigenvalue weighted by atomic mass is 10.1. The fourth-order valence-electron chi connectivity index (χ4n) is 2.39. The Hall–Kier alpha value is -2.14. The van der Waals surface area contributed by atoms with Crippen LogP contribution in [0.25, 0.3) is 0 Å². The van der Waals surface area contributed by atoms with Gasteiger partial charge in [-0.15, -0.1) is 0 Å². The third-order valence-electron chi connectivity index (χ3n) is 3.73. The van der Waals surface area contributed by atoms with Gasteiger partial charge in [0.2, 0.25) is 10.0 Å². The molecule has 9 heteroatoms. The van der Waals surface area contributed by atoms with Crippen LogP contribution in [-0.4, -0.2) is 39.4 Å². The van der Waals surface area contributed by atoms with Gasteiger partial charge in [0.15, 0.2) is 0 Å². The summed E-state index contributed by atoms with van der Waals surface area (Å²) in [5, 5.41) is 4.07. The predicted molar refractivity (Wildman–Crippen MR) is 119 cm³/mol. The Labute approximate surface area is 179 Å². The Morgan fingerprint density at radius 1 is 1.18 bits per heavy atom. The van der Waals surface area contributed by atoms with Crippen LogP contribution < -0.4 is 14.5 Å². The Bertz CT molecular complexity index is 959. The first-order valence-electron chi connectivity index (χ1n) is 8.51. The molecule has 1 N–H and O–H groups in total. The summed E-state index contributed by atoms with van der Waals surface area (Å²) in [4.78, 5) is 12.4. The lowest BCUT2D eigenvalue weighted by molar-refractivity contribution is -0.119. The van der Waals surface area contributed by atoms with Crippen LogP contribution in [0.15, 0.2) is 53.6 Å². The number of anilines is 1. The highest BCUT2D eigenvalue weighted by atomic mass is 127. The quantitative estimate of drug-likeness (QED) is 0.333. The van der Waals surface area contributed by atoms with Crippen molar-refractivity contribution in [2.75, 3.05) is 23.7 Å². The van der Waals surface area contributed by atoms with Gasteiger partial charge >= 0.3 is 0 Å². The molecule has 0 aliphatic heterocycles. The highest BCUT2D eigenvalue weighted by molar-refractivity contribution is 14.1. The highest BCUT2D eigenvalue weighted by Gasteiger charge is 2.23. The molecule has 7 nitrogen and oxygen atoms in total. The molecule has 0 fully saturated rings. The number of hydrogen-bond acceptors (Lipinski definition) is 5. The Balaban J connectivity index is 2.18. The van der Waals surface area contributed by atoms with E-state index in [0.717, 1.165) is 19.7 Å². The molecule has 2 aromatic carbocycles. The van der Waals surface area contributed by atoms with Crippen molar-refractivity contribution in [2.24, 2.45) is 5.10 Å². The van der Waals surface area contributed by atoms with Gasteiger partial charge in [0.1, 0.15) is 12.3 Å². The van der Waals surface area contributed by atoms with Crippen LogP contribution in [0.4, 0.5) is 5.69 Å². The molecule has 2 rings (SSSR count). The van der Waals surface area contributed by atoms with E-state index >= 15 is 0 Å². The van der Waals surface area contributed by atoms with Crippen molar-refractivity contribution in [2.45, 2.75) is 13.8 Å². The van der Waals surface area contributed by atoms with E-state index in [1.54, 1.807) is 38.1 Å². The van der Waals surface area contributed by atoms with Crippen molar-refractivity contribution in [3.63, 3.8) is 0 Å². The Morgan fingerprint density at radius 3 is 2.43 bits per heavy atom. The van der Waals surface area contributed by atoms with Crippen LogP contribution in [-0.2, 0) is 14.8 Å². The van der Waals surface area contributed by atoms with E-state index in [1.165, 1.54) is 0 Å². The molecule has 0 radical (unpaired) electrons. The maximum atomic E-state index is 12.4. The smallest absolute Gasteiger partial charge is 0.260 e. The number of carbonyl (C=O) groups is 1. The van der Waals surface area contributed by atoms with Gasteiger partial charge in [-0.3, -0.25) is 9.10 Å². The summed E-state index contributed by atoms with van der Waals surface area (Å²) >= 11 is 2.20. The first kappa shape index (κ1) is 22.2. The fraction of sp³-hybridized carbons (Fsp3) is 0.263. The van der Waals surface area contributed by atoms with E-state index < -0.39 is 22.5 Å². The number of amides is 1. The molecular weight excluding hydrogens is 493 g/mol. The van der Waals surface area contributed by atoms with Gasteiger partial charge in [0, 0.05) is 3.57 Å². The number of sulfonamides is 1. The van der Waals surface area contributed by atoms with Gasteiger partial charge in [0.05, 0.1) is 24.3 Å². The third-order valence-corrected chi connectivity index (χ3v) is 5.58. The molecule has 2 aromatic rings. The number of ether oxygens (including phenoxy) is 1. The number of carbonyl (C=O) groups excluding carboxylic acids is 1. The molecule has 0 aromatic heterocycles. The number of nitrogens with one attached hydrogen (secondary N) is 1. The molecule has 0 aliphatic carbocycles. The van der Waals surface area contributed by atoms with Crippen molar-refractivity contribution in [3.8, 4) is 5.75 Å². The van der Waals surface area contributed by atoms with Gasteiger partial charge in [0.25, 0.3) is 5.91 Å². The second-order valence-corrected chi connectivity index (χ2v) is 9.06. The second kappa shape index (κ2) is 9.87. The van der Waals surface area contributed by atoms with Crippen LogP contribution in [0.5, 0.6) is 5.75 Å². The second-order valence-electron chi connectivity index (χ2n) is 5.91. The molecule has 1 amide bonds. The Kier molecular flexibility index (Phi) is 7.81. The van der Waals surface area contributed by atoms with Crippen LogP contribution in [0.3, 0.4) is 0 Å². The minimum atomic E-state index is -3.71. The zero-order valence-electron chi connectivity index (χ0n) is 15.8. The topological polar surface area (TPSA) is 88.1 Å². The molecule has 0 heterocycles. The molecule has 150 valence electrons. The average Bonchev–Trinajstić information content (AvgIpc) is 2.65. The molecule has 0 saturated carbocycles. The van der Waals surface area contributed by atoms with Crippen LogP contribution in [0, 0.1) is 3.57 Å². The number of halogens is 1. The monoisotopic (exact) mass is 515 g/mol. The first-order chi connectivity index (χ1) is 13.2. The number of nitrogens with zero attached hydrogens (tertiary/aromatic N) is 2. The van der Waals surface area contributed by atoms with E-state index in [0.29, 0.717) is 23.8 Å². The van der Waals surface area contributed by atoms with Crippen molar-refractivity contribution >= 4 is 49.9 Å². The number of benzene rings is 2. The highest BCUT2D eigenvalue weighted by Crippen LogP contribution is 2.29. The summed E-state index contributed by atoms with van der Waals surface area (Å²) in [6.45, 7) is 3.53. The van der Waals surface area contributed by atoms with Gasteiger partial charge in [-0.05, 0) is 66.3 Å². The van der Waals surface area contributed by atoms with Crippen molar-refractivity contribution < 1.29 is 17.9 Å². The zero-order valence-corrected chi connectivity index (χ0v) is 18.8. The number of rotatable bonds is 8. The minimum Gasteiger partial charge on any atom is -0.492 e. The molecule has 0 saturated heterocycles. The number of para-hydroxylation sites is 2.